The molecule has 2 unspecified atom stereocenters. The van der Waals surface area contributed by atoms with Crippen molar-refractivity contribution >= 4 is 12.2 Å². The Hall–Kier alpha value is -1.69. The summed E-state index contributed by atoms with van der Waals surface area (Å²) < 4.78 is 0. The van der Waals surface area contributed by atoms with Crippen molar-refractivity contribution in [2.24, 2.45) is 5.92 Å². The fourth-order valence-electron chi connectivity index (χ4n) is 3.35. The van der Waals surface area contributed by atoms with E-state index in [1.807, 2.05) is 17.0 Å². The van der Waals surface area contributed by atoms with Gasteiger partial charge in [0.25, 0.3) is 0 Å². The molecular weight excluding hydrogens is 278 g/mol. The molecular formula is C16H25N5O. The van der Waals surface area contributed by atoms with Crippen molar-refractivity contribution in [2.45, 2.75) is 38.8 Å². The van der Waals surface area contributed by atoms with Crippen LogP contribution in [0.15, 0.2) is 12.1 Å². The first kappa shape index (κ1) is 15.2. The first-order valence-corrected chi connectivity index (χ1v) is 8.22. The summed E-state index contributed by atoms with van der Waals surface area (Å²) in [6.07, 6.45) is 2.95. The molecule has 22 heavy (non-hydrogen) atoms. The van der Waals surface area contributed by atoms with Gasteiger partial charge in [-0.2, -0.15) is 5.10 Å². The molecule has 0 bridgehead atoms. The lowest BCUT2D eigenvalue weighted by Gasteiger charge is -2.36. The van der Waals surface area contributed by atoms with E-state index >= 15 is 0 Å². The predicted molar refractivity (Wildman–Crippen MR) is 85.6 cm³/mol. The number of nitrogens with one attached hydrogen (secondary N) is 1. The van der Waals surface area contributed by atoms with Crippen LogP contribution in [0.5, 0.6) is 0 Å². The summed E-state index contributed by atoms with van der Waals surface area (Å²) in [5.41, 5.74) is 0.906. The van der Waals surface area contributed by atoms with Crippen molar-refractivity contribution in [3.63, 3.8) is 0 Å². The Morgan fingerprint density at radius 2 is 2.18 bits per heavy atom. The van der Waals surface area contributed by atoms with Crippen molar-refractivity contribution < 1.29 is 4.79 Å². The number of carbonyl (C=O) groups excluding carboxylic acids is 1. The van der Waals surface area contributed by atoms with Crippen LogP contribution in [0, 0.1) is 5.92 Å². The molecule has 2 saturated heterocycles. The van der Waals surface area contributed by atoms with Crippen LogP contribution < -0.4 is 10.2 Å². The SMILES string of the molecule is CC(C)C1CN(c2ccc(C3CCCN3C=O)nn2)CCN1. The van der Waals surface area contributed by atoms with E-state index in [0.29, 0.717) is 12.0 Å². The van der Waals surface area contributed by atoms with Crippen LogP contribution in [0.3, 0.4) is 0 Å². The number of amides is 1. The van der Waals surface area contributed by atoms with E-state index in [1.54, 1.807) is 0 Å². The topological polar surface area (TPSA) is 61.4 Å². The van der Waals surface area contributed by atoms with Gasteiger partial charge in [-0.05, 0) is 30.9 Å². The number of aromatic nitrogens is 2. The minimum atomic E-state index is 0.102. The minimum absolute atomic E-state index is 0.102. The van der Waals surface area contributed by atoms with Gasteiger partial charge in [-0.15, -0.1) is 5.10 Å². The van der Waals surface area contributed by atoms with E-state index in [-0.39, 0.29) is 6.04 Å². The Bertz CT molecular complexity index is 504. The second kappa shape index (κ2) is 6.60. The lowest BCUT2D eigenvalue weighted by molar-refractivity contribution is -0.119. The third-order valence-corrected chi connectivity index (χ3v) is 4.78. The summed E-state index contributed by atoms with van der Waals surface area (Å²) in [5.74, 6) is 1.54. The minimum Gasteiger partial charge on any atom is -0.352 e. The van der Waals surface area contributed by atoms with Crippen molar-refractivity contribution in [3.8, 4) is 0 Å². The molecule has 6 nitrogen and oxygen atoms in total. The molecule has 1 N–H and O–H groups in total. The molecule has 3 rings (SSSR count). The van der Waals surface area contributed by atoms with Gasteiger partial charge in [0.2, 0.25) is 6.41 Å². The molecule has 0 spiro atoms. The monoisotopic (exact) mass is 303 g/mol. The van der Waals surface area contributed by atoms with Crippen molar-refractivity contribution in [1.82, 2.24) is 20.4 Å². The quantitative estimate of drug-likeness (QED) is 0.847. The molecule has 0 aliphatic carbocycles. The number of rotatable bonds is 4. The summed E-state index contributed by atoms with van der Waals surface area (Å²) >= 11 is 0. The highest BCUT2D eigenvalue weighted by molar-refractivity contribution is 5.49. The molecule has 1 aromatic heterocycles. The molecule has 1 amide bonds. The number of likely N-dealkylation sites (tertiary alicyclic amines) is 1. The van der Waals surface area contributed by atoms with E-state index in [4.69, 9.17) is 0 Å². The Kier molecular flexibility index (Phi) is 4.57. The lowest BCUT2D eigenvalue weighted by atomic mass is 10.0. The van der Waals surface area contributed by atoms with Gasteiger partial charge >= 0.3 is 0 Å². The van der Waals surface area contributed by atoms with E-state index in [1.165, 1.54) is 0 Å². The molecule has 2 fully saturated rings. The highest BCUT2D eigenvalue weighted by Gasteiger charge is 2.27. The smallest absolute Gasteiger partial charge is 0.210 e. The maximum atomic E-state index is 11.1. The standard InChI is InChI=1S/C16H25N5O/c1-12(2)14-10-20(9-7-17-14)16-6-5-13(18-19-16)15-4-3-8-21(15)11-22/h5-6,11-12,14-15,17H,3-4,7-10H2,1-2H3. The number of nitrogens with zero attached hydrogens (tertiary/aromatic N) is 4. The normalized spacial score (nSPS) is 25.8. The molecule has 1 aromatic rings. The van der Waals surface area contributed by atoms with Crippen LogP contribution >= 0.6 is 0 Å². The largest absolute Gasteiger partial charge is 0.352 e. The molecule has 0 radical (unpaired) electrons. The lowest BCUT2D eigenvalue weighted by Crippen LogP contribution is -2.53. The number of hydrogen-bond acceptors (Lipinski definition) is 5. The number of piperazine rings is 1. The highest BCUT2D eigenvalue weighted by atomic mass is 16.1. The van der Waals surface area contributed by atoms with Crippen molar-refractivity contribution in [2.75, 3.05) is 31.1 Å². The molecule has 120 valence electrons. The molecule has 2 atom stereocenters. The van der Waals surface area contributed by atoms with Gasteiger partial charge in [0.15, 0.2) is 5.82 Å². The van der Waals surface area contributed by atoms with Gasteiger partial charge in [0, 0.05) is 32.2 Å². The van der Waals surface area contributed by atoms with Crippen LogP contribution in [0.1, 0.15) is 38.4 Å². The zero-order valence-corrected chi connectivity index (χ0v) is 13.4. The maximum Gasteiger partial charge on any atom is 0.210 e. The van der Waals surface area contributed by atoms with Gasteiger partial charge in [0.05, 0.1) is 11.7 Å². The fourth-order valence-corrected chi connectivity index (χ4v) is 3.35. The number of hydrogen-bond donors (Lipinski definition) is 1. The molecule has 3 heterocycles. The van der Waals surface area contributed by atoms with Crippen LogP contribution in [0.2, 0.25) is 0 Å². The Labute approximate surface area is 131 Å². The van der Waals surface area contributed by atoms with Gasteiger partial charge in [-0.25, -0.2) is 0 Å². The summed E-state index contributed by atoms with van der Waals surface area (Å²) in [5, 5.41) is 12.4. The van der Waals surface area contributed by atoms with Crippen LogP contribution in [-0.4, -0.2) is 53.7 Å². The predicted octanol–water partition coefficient (Wildman–Crippen LogP) is 1.20. The van der Waals surface area contributed by atoms with Gasteiger partial charge < -0.3 is 15.1 Å². The maximum absolute atomic E-state index is 11.1. The van der Waals surface area contributed by atoms with Crippen LogP contribution in [0.25, 0.3) is 0 Å². The summed E-state index contributed by atoms with van der Waals surface area (Å²) in [6.45, 7) is 8.21. The van der Waals surface area contributed by atoms with Gasteiger partial charge in [-0.1, -0.05) is 13.8 Å². The van der Waals surface area contributed by atoms with E-state index < -0.39 is 0 Å². The molecule has 0 aromatic carbocycles. The molecule has 6 heteroatoms. The molecule has 0 saturated carbocycles. The Morgan fingerprint density at radius 3 is 2.86 bits per heavy atom. The Morgan fingerprint density at radius 1 is 1.32 bits per heavy atom. The third-order valence-electron chi connectivity index (χ3n) is 4.78. The number of carbonyl (C=O) groups is 1. The fraction of sp³-hybridized carbons (Fsp3) is 0.688. The second-order valence-corrected chi connectivity index (χ2v) is 6.57. The van der Waals surface area contributed by atoms with Crippen molar-refractivity contribution in [3.05, 3.63) is 17.8 Å². The third kappa shape index (κ3) is 3.06. The highest BCUT2D eigenvalue weighted by Crippen LogP contribution is 2.29. The summed E-state index contributed by atoms with van der Waals surface area (Å²) in [7, 11) is 0. The molecule has 2 aliphatic rings. The number of anilines is 1. The summed E-state index contributed by atoms with van der Waals surface area (Å²) in [6, 6.07) is 4.68. The van der Waals surface area contributed by atoms with E-state index in [9.17, 15) is 4.79 Å². The second-order valence-electron chi connectivity index (χ2n) is 6.57. The van der Waals surface area contributed by atoms with Crippen LogP contribution in [0.4, 0.5) is 5.82 Å². The zero-order chi connectivity index (χ0) is 15.5. The first-order chi connectivity index (χ1) is 10.7. The van der Waals surface area contributed by atoms with E-state index in [0.717, 1.165) is 56.9 Å². The van der Waals surface area contributed by atoms with Crippen molar-refractivity contribution in [1.29, 1.82) is 0 Å². The Balaban J connectivity index is 1.70. The van der Waals surface area contributed by atoms with Gasteiger partial charge in [-0.3, -0.25) is 4.79 Å². The van der Waals surface area contributed by atoms with Crippen LogP contribution in [-0.2, 0) is 4.79 Å². The first-order valence-electron chi connectivity index (χ1n) is 8.22. The van der Waals surface area contributed by atoms with E-state index in [2.05, 4.69) is 34.3 Å². The average molecular weight is 303 g/mol. The molecule has 2 aliphatic heterocycles. The van der Waals surface area contributed by atoms with Gasteiger partial charge in [0.1, 0.15) is 0 Å². The zero-order valence-electron chi connectivity index (χ0n) is 13.4. The average Bonchev–Trinajstić information content (AvgIpc) is 3.04. The summed E-state index contributed by atoms with van der Waals surface area (Å²) in [4.78, 5) is 15.2.